The SMILES string of the molecule is CCCCOc1c(Br)c(C(=O)CCCC)c(F)c(C)c1C(=O)Oc1ccccc1. The number of ether oxygens (including phenoxy) is 2. The molecule has 0 heterocycles. The van der Waals surface area contributed by atoms with Crippen molar-refractivity contribution in [2.75, 3.05) is 6.61 Å². The minimum atomic E-state index is -0.729. The summed E-state index contributed by atoms with van der Waals surface area (Å²) in [5.74, 6) is -1.27. The fourth-order valence-corrected chi connectivity index (χ4v) is 3.55. The lowest BCUT2D eigenvalue weighted by atomic mass is 9.97. The first-order valence-electron chi connectivity index (χ1n) is 9.87. The molecule has 6 heteroatoms. The van der Waals surface area contributed by atoms with Crippen molar-refractivity contribution in [3.8, 4) is 11.5 Å². The van der Waals surface area contributed by atoms with Crippen molar-refractivity contribution in [3.63, 3.8) is 0 Å². The van der Waals surface area contributed by atoms with Gasteiger partial charge in [-0.1, -0.05) is 44.9 Å². The number of ketones is 1. The van der Waals surface area contributed by atoms with E-state index in [2.05, 4.69) is 15.9 Å². The molecular weight excluding hydrogens is 439 g/mol. The lowest BCUT2D eigenvalue weighted by molar-refractivity contribution is 0.0727. The van der Waals surface area contributed by atoms with Gasteiger partial charge in [0.1, 0.15) is 22.9 Å². The molecule has 0 unspecified atom stereocenters. The van der Waals surface area contributed by atoms with Crippen molar-refractivity contribution in [2.24, 2.45) is 0 Å². The number of carbonyl (C=O) groups is 2. The summed E-state index contributed by atoms with van der Waals surface area (Å²) in [6.07, 6.45) is 3.37. The highest BCUT2D eigenvalue weighted by Gasteiger charge is 2.30. The molecule has 2 rings (SSSR count). The minimum Gasteiger partial charge on any atom is -0.491 e. The number of esters is 1. The number of benzene rings is 2. The summed E-state index contributed by atoms with van der Waals surface area (Å²) >= 11 is 3.32. The van der Waals surface area contributed by atoms with Crippen LogP contribution in [0, 0.1) is 12.7 Å². The normalized spacial score (nSPS) is 10.7. The Kier molecular flexibility index (Phi) is 8.83. The van der Waals surface area contributed by atoms with Crippen LogP contribution in [0.5, 0.6) is 11.5 Å². The number of para-hydroxylation sites is 1. The Balaban J connectivity index is 2.52. The monoisotopic (exact) mass is 464 g/mol. The highest BCUT2D eigenvalue weighted by molar-refractivity contribution is 9.10. The van der Waals surface area contributed by atoms with Gasteiger partial charge in [-0.25, -0.2) is 9.18 Å². The molecule has 0 aliphatic heterocycles. The van der Waals surface area contributed by atoms with Gasteiger partial charge in [0, 0.05) is 12.0 Å². The zero-order chi connectivity index (χ0) is 21.4. The van der Waals surface area contributed by atoms with E-state index < -0.39 is 11.8 Å². The molecule has 0 amide bonds. The van der Waals surface area contributed by atoms with Crippen LogP contribution in [0.2, 0.25) is 0 Å². The van der Waals surface area contributed by atoms with Gasteiger partial charge in [0.2, 0.25) is 0 Å². The summed E-state index contributed by atoms with van der Waals surface area (Å²) in [7, 11) is 0. The third kappa shape index (κ3) is 5.66. The number of hydrogen-bond donors (Lipinski definition) is 0. The average molecular weight is 465 g/mol. The van der Waals surface area contributed by atoms with E-state index in [0.717, 1.165) is 19.3 Å². The highest BCUT2D eigenvalue weighted by Crippen LogP contribution is 2.39. The van der Waals surface area contributed by atoms with Gasteiger partial charge in [0.15, 0.2) is 5.78 Å². The Hall–Kier alpha value is -2.21. The number of hydrogen-bond acceptors (Lipinski definition) is 4. The molecule has 156 valence electrons. The summed E-state index contributed by atoms with van der Waals surface area (Å²) in [4.78, 5) is 25.5. The van der Waals surface area contributed by atoms with Crippen molar-refractivity contribution >= 4 is 27.7 Å². The quantitative estimate of drug-likeness (QED) is 0.170. The predicted octanol–water partition coefficient (Wildman–Crippen LogP) is 6.67. The molecule has 29 heavy (non-hydrogen) atoms. The van der Waals surface area contributed by atoms with E-state index in [-0.39, 0.29) is 39.1 Å². The summed E-state index contributed by atoms with van der Waals surface area (Å²) in [5.41, 5.74) is -0.0411. The lowest BCUT2D eigenvalue weighted by Gasteiger charge is -2.19. The maximum absolute atomic E-state index is 15.2. The van der Waals surface area contributed by atoms with Crippen molar-refractivity contribution in [1.82, 2.24) is 0 Å². The molecule has 0 saturated carbocycles. The summed E-state index contributed by atoms with van der Waals surface area (Å²) in [6, 6.07) is 8.55. The molecule has 0 aliphatic rings. The molecular formula is C23H26BrFO4. The van der Waals surface area contributed by atoms with E-state index in [4.69, 9.17) is 9.47 Å². The van der Waals surface area contributed by atoms with E-state index in [1.807, 2.05) is 13.8 Å². The fraction of sp³-hybridized carbons (Fsp3) is 0.391. The Bertz CT molecular complexity index is 865. The molecule has 0 aromatic heterocycles. The van der Waals surface area contributed by atoms with Gasteiger partial charge < -0.3 is 9.47 Å². The van der Waals surface area contributed by atoms with Gasteiger partial charge in [-0.2, -0.15) is 0 Å². The molecule has 2 aromatic carbocycles. The van der Waals surface area contributed by atoms with Crippen molar-refractivity contribution in [1.29, 1.82) is 0 Å². The molecule has 4 nitrogen and oxygen atoms in total. The van der Waals surface area contributed by atoms with Gasteiger partial charge in [-0.3, -0.25) is 4.79 Å². The second-order valence-corrected chi connectivity index (χ2v) is 7.56. The molecule has 0 atom stereocenters. The van der Waals surface area contributed by atoms with Crippen molar-refractivity contribution in [3.05, 3.63) is 57.3 Å². The molecule has 0 fully saturated rings. The molecule has 0 aliphatic carbocycles. The Morgan fingerprint density at radius 2 is 1.69 bits per heavy atom. The Morgan fingerprint density at radius 3 is 2.31 bits per heavy atom. The van der Waals surface area contributed by atoms with Gasteiger partial charge in [0.25, 0.3) is 0 Å². The molecule has 0 N–H and O–H groups in total. The summed E-state index contributed by atoms with van der Waals surface area (Å²) < 4.78 is 26.6. The molecule has 2 aromatic rings. The Morgan fingerprint density at radius 1 is 1.03 bits per heavy atom. The number of carbonyl (C=O) groups excluding carboxylic acids is 2. The minimum absolute atomic E-state index is 0.0126. The third-order valence-corrected chi connectivity index (χ3v) is 5.26. The van der Waals surface area contributed by atoms with E-state index in [1.54, 1.807) is 30.3 Å². The number of Topliss-reactive ketones (excluding diaryl/α,β-unsaturated/α-hetero) is 1. The first-order chi connectivity index (χ1) is 13.9. The van der Waals surface area contributed by atoms with Crippen LogP contribution >= 0.6 is 15.9 Å². The number of halogens is 2. The van der Waals surface area contributed by atoms with Crippen LogP contribution < -0.4 is 9.47 Å². The molecule has 0 radical (unpaired) electrons. The molecule has 0 bridgehead atoms. The summed E-state index contributed by atoms with van der Waals surface area (Å²) in [6.45, 7) is 5.78. The van der Waals surface area contributed by atoms with E-state index in [0.29, 0.717) is 18.8 Å². The van der Waals surface area contributed by atoms with E-state index in [1.165, 1.54) is 6.92 Å². The zero-order valence-corrected chi connectivity index (χ0v) is 18.6. The smallest absolute Gasteiger partial charge is 0.347 e. The van der Waals surface area contributed by atoms with Crippen LogP contribution in [-0.4, -0.2) is 18.4 Å². The van der Waals surface area contributed by atoms with Crippen LogP contribution in [0.3, 0.4) is 0 Å². The van der Waals surface area contributed by atoms with Gasteiger partial charge in [-0.15, -0.1) is 0 Å². The van der Waals surface area contributed by atoms with Crippen LogP contribution in [0.4, 0.5) is 4.39 Å². The predicted molar refractivity (Wildman–Crippen MR) is 114 cm³/mol. The van der Waals surface area contributed by atoms with Crippen LogP contribution in [0.25, 0.3) is 0 Å². The zero-order valence-electron chi connectivity index (χ0n) is 17.0. The van der Waals surface area contributed by atoms with Gasteiger partial charge in [-0.05, 0) is 47.8 Å². The van der Waals surface area contributed by atoms with Crippen LogP contribution in [0.15, 0.2) is 34.8 Å². The van der Waals surface area contributed by atoms with Crippen molar-refractivity contribution in [2.45, 2.75) is 52.9 Å². The standard InChI is InChI=1S/C23H26BrFO4/c1-4-6-13-17(26)19-20(24)22(28-14-7-5-2)18(15(3)21(19)25)23(27)29-16-11-9-8-10-12-16/h8-12H,4-7,13-14H2,1-3H3. The van der Waals surface area contributed by atoms with Crippen LogP contribution in [0.1, 0.15) is 72.2 Å². The molecule has 0 spiro atoms. The van der Waals surface area contributed by atoms with Gasteiger partial charge >= 0.3 is 5.97 Å². The van der Waals surface area contributed by atoms with Crippen molar-refractivity contribution < 1.29 is 23.5 Å². The summed E-state index contributed by atoms with van der Waals surface area (Å²) in [5, 5.41) is 0. The maximum atomic E-state index is 15.2. The molecule has 0 saturated heterocycles. The highest BCUT2D eigenvalue weighted by atomic mass is 79.9. The lowest BCUT2D eigenvalue weighted by Crippen LogP contribution is -2.17. The number of unbranched alkanes of at least 4 members (excludes halogenated alkanes) is 2. The Labute approximate surface area is 179 Å². The topological polar surface area (TPSA) is 52.6 Å². The fourth-order valence-electron chi connectivity index (χ4n) is 2.84. The van der Waals surface area contributed by atoms with E-state index >= 15 is 4.39 Å². The van der Waals surface area contributed by atoms with E-state index in [9.17, 15) is 9.59 Å². The number of rotatable bonds is 10. The maximum Gasteiger partial charge on any atom is 0.347 e. The average Bonchev–Trinajstić information content (AvgIpc) is 2.71. The third-order valence-electron chi connectivity index (χ3n) is 4.51. The second-order valence-electron chi connectivity index (χ2n) is 6.76. The van der Waals surface area contributed by atoms with Crippen LogP contribution in [-0.2, 0) is 0 Å². The largest absolute Gasteiger partial charge is 0.491 e. The first kappa shape index (κ1) is 23.1. The van der Waals surface area contributed by atoms with Gasteiger partial charge in [0.05, 0.1) is 16.6 Å². The first-order valence-corrected chi connectivity index (χ1v) is 10.7. The second kappa shape index (κ2) is 11.1.